The fraction of sp³-hybridized carbons (Fsp3) is 0.0667. The molecule has 1 N–H and O–H groups in total. The number of carbonyl (C=O) groups is 1. The number of aryl methyl sites for hydroxylation is 1. The standard InChI is InChI=1S/C30H22N4O4/c1-18-14-22(19(2)33(18)23-10-7-9-21(15-23)30(36)37)17-31-34-28(27-16-20-8-3-6-13-26(20)38-27)32-25-12-5-4-11-24(25)29(34)35/h3-17H,1-2H3,(H,36,37). The van der Waals surface area contributed by atoms with Gasteiger partial charge in [-0.05, 0) is 62.4 Å². The van der Waals surface area contributed by atoms with Crippen LogP contribution in [-0.4, -0.2) is 31.5 Å². The monoisotopic (exact) mass is 502 g/mol. The molecular formula is C30H22N4O4. The van der Waals surface area contributed by atoms with Crippen molar-refractivity contribution in [3.63, 3.8) is 0 Å². The minimum Gasteiger partial charge on any atom is -0.478 e. The normalized spacial score (nSPS) is 11.6. The van der Waals surface area contributed by atoms with Gasteiger partial charge in [-0.1, -0.05) is 36.4 Å². The number of carboxylic acid groups (broad SMARTS) is 1. The van der Waals surface area contributed by atoms with Crippen molar-refractivity contribution in [3.05, 3.63) is 118 Å². The number of aromatic nitrogens is 3. The Labute approximate surface area is 216 Å². The molecule has 3 aromatic heterocycles. The first kappa shape index (κ1) is 23.2. The molecule has 0 saturated carbocycles. The molecule has 0 radical (unpaired) electrons. The van der Waals surface area contributed by atoms with Crippen molar-refractivity contribution in [2.45, 2.75) is 13.8 Å². The number of nitrogens with zero attached hydrogens (tertiary/aromatic N) is 4. The van der Waals surface area contributed by atoms with E-state index in [-0.39, 0.29) is 11.1 Å². The molecule has 0 unspecified atom stereocenters. The van der Waals surface area contributed by atoms with E-state index in [1.807, 2.05) is 66.9 Å². The van der Waals surface area contributed by atoms with Gasteiger partial charge in [0.2, 0.25) is 5.82 Å². The van der Waals surface area contributed by atoms with Gasteiger partial charge in [0.15, 0.2) is 5.76 Å². The molecule has 8 heteroatoms. The highest BCUT2D eigenvalue weighted by Crippen LogP contribution is 2.27. The van der Waals surface area contributed by atoms with Crippen molar-refractivity contribution in [1.82, 2.24) is 14.2 Å². The van der Waals surface area contributed by atoms with Crippen LogP contribution in [0.15, 0.2) is 99.2 Å². The molecule has 0 aliphatic heterocycles. The Morgan fingerprint density at radius 2 is 1.76 bits per heavy atom. The Balaban J connectivity index is 1.50. The first-order chi connectivity index (χ1) is 18.4. The van der Waals surface area contributed by atoms with E-state index in [9.17, 15) is 14.7 Å². The van der Waals surface area contributed by atoms with Crippen molar-refractivity contribution >= 4 is 34.1 Å². The van der Waals surface area contributed by atoms with Crippen LogP contribution in [0.5, 0.6) is 0 Å². The first-order valence-electron chi connectivity index (χ1n) is 12.0. The van der Waals surface area contributed by atoms with Crippen LogP contribution < -0.4 is 5.56 Å². The van der Waals surface area contributed by atoms with Crippen LogP contribution in [0.4, 0.5) is 0 Å². The van der Waals surface area contributed by atoms with Crippen LogP contribution in [-0.2, 0) is 0 Å². The van der Waals surface area contributed by atoms with Gasteiger partial charge in [0.25, 0.3) is 5.56 Å². The van der Waals surface area contributed by atoms with Gasteiger partial charge in [-0.25, -0.2) is 9.78 Å². The van der Waals surface area contributed by atoms with E-state index in [1.165, 1.54) is 4.68 Å². The molecule has 3 aromatic carbocycles. The van der Waals surface area contributed by atoms with E-state index in [4.69, 9.17) is 9.40 Å². The molecule has 3 heterocycles. The smallest absolute Gasteiger partial charge is 0.335 e. The molecule has 0 aliphatic carbocycles. The van der Waals surface area contributed by atoms with E-state index in [0.29, 0.717) is 28.1 Å². The lowest BCUT2D eigenvalue weighted by Crippen LogP contribution is -2.20. The summed E-state index contributed by atoms with van der Waals surface area (Å²) in [4.78, 5) is 29.7. The largest absolute Gasteiger partial charge is 0.478 e. The molecule has 0 fully saturated rings. The zero-order valence-electron chi connectivity index (χ0n) is 20.6. The van der Waals surface area contributed by atoms with Crippen LogP contribution in [0.25, 0.3) is 39.1 Å². The molecule has 0 aliphatic rings. The lowest BCUT2D eigenvalue weighted by atomic mass is 10.2. The van der Waals surface area contributed by atoms with Gasteiger partial charge < -0.3 is 14.1 Å². The summed E-state index contributed by atoms with van der Waals surface area (Å²) in [5, 5.41) is 15.3. The highest BCUT2D eigenvalue weighted by Gasteiger charge is 2.17. The SMILES string of the molecule is Cc1cc(C=Nn2c(-c3cc4ccccc4o3)nc3ccccc3c2=O)c(C)n1-c1cccc(C(=O)O)c1. The Morgan fingerprint density at radius 3 is 2.58 bits per heavy atom. The zero-order chi connectivity index (χ0) is 26.4. The van der Waals surface area contributed by atoms with E-state index in [0.717, 1.165) is 28.0 Å². The summed E-state index contributed by atoms with van der Waals surface area (Å²) in [6, 6.07) is 25.3. The Morgan fingerprint density at radius 1 is 0.974 bits per heavy atom. The number of benzene rings is 3. The van der Waals surface area contributed by atoms with E-state index in [2.05, 4.69) is 5.10 Å². The molecule has 6 aromatic rings. The number of aromatic carboxylic acids is 1. The van der Waals surface area contributed by atoms with Gasteiger partial charge in [0.05, 0.1) is 22.7 Å². The lowest BCUT2D eigenvalue weighted by molar-refractivity contribution is 0.0697. The summed E-state index contributed by atoms with van der Waals surface area (Å²) in [5.41, 5.74) is 4.38. The minimum absolute atomic E-state index is 0.203. The second-order valence-electron chi connectivity index (χ2n) is 8.98. The molecule has 0 saturated heterocycles. The fourth-order valence-electron chi connectivity index (χ4n) is 4.70. The zero-order valence-corrected chi connectivity index (χ0v) is 20.6. The molecule has 8 nitrogen and oxygen atoms in total. The van der Waals surface area contributed by atoms with E-state index in [1.54, 1.807) is 42.6 Å². The van der Waals surface area contributed by atoms with Crippen molar-refractivity contribution < 1.29 is 14.3 Å². The first-order valence-corrected chi connectivity index (χ1v) is 12.0. The second kappa shape index (κ2) is 9.01. The van der Waals surface area contributed by atoms with Crippen LogP contribution >= 0.6 is 0 Å². The second-order valence-corrected chi connectivity index (χ2v) is 8.98. The Hall–Kier alpha value is -5.24. The number of furan rings is 1. The van der Waals surface area contributed by atoms with Gasteiger partial charge in [-0.3, -0.25) is 4.79 Å². The highest BCUT2D eigenvalue weighted by atomic mass is 16.4. The average molecular weight is 503 g/mol. The van der Waals surface area contributed by atoms with Crippen LogP contribution in [0.1, 0.15) is 27.3 Å². The van der Waals surface area contributed by atoms with Gasteiger partial charge in [0, 0.05) is 28.0 Å². The summed E-state index contributed by atoms with van der Waals surface area (Å²) >= 11 is 0. The molecule has 0 amide bonds. The number of fused-ring (bicyclic) bond motifs is 2. The predicted molar refractivity (Wildman–Crippen MR) is 146 cm³/mol. The maximum atomic E-state index is 13.5. The highest BCUT2D eigenvalue weighted by molar-refractivity contribution is 5.89. The minimum atomic E-state index is -0.989. The summed E-state index contributed by atoms with van der Waals surface area (Å²) in [7, 11) is 0. The van der Waals surface area contributed by atoms with Crippen LogP contribution in [0.3, 0.4) is 0 Å². The maximum absolute atomic E-state index is 13.5. The third-order valence-electron chi connectivity index (χ3n) is 6.53. The fourth-order valence-corrected chi connectivity index (χ4v) is 4.70. The maximum Gasteiger partial charge on any atom is 0.335 e. The number of rotatable bonds is 5. The molecule has 0 bridgehead atoms. The third-order valence-corrected chi connectivity index (χ3v) is 6.53. The molecule has 6 rings (SSSR count). The van der Waals surface area contributed by atoms with Gasteiger partial charge >= 0.3 is 5.97 Å². The van der Waals surface area contributed by atoms with E-state index < -0.39 is 5.97 Å². The average Bonchev–Trinajstić information content (AvgIpc) is 3.48. The molecular weight excluding hydrogens is 480 g/mol. The predicted octanol–water partition coefficient (Wildman–Crippen LogP) is 5.80. The number of carboxylic acids is 1. The Bertz CT molecular complexity index is 1930. The Kier molecular flexibility index (Phi) is 5.49. The quantitative estimate of drug-likeness (QED) is 0.300. The molecule has 0 spiro atoms. The van der Waals surface area contributed by atoms with Crippen molar-refractivity contribution in [2.75, 3.05) is 0 Å². The van der Waals surface area contributed by atoms with Crippen molar-refractivity contribution in [3.8, 4) is 17.3 Å². The lowest BCUT2D eigenvalue weighted by Gasteiger charge is -2.10. The van der Waals surface area contributed by atoms with Crippen molar-refractivity contribution in [2.24, 2.45) is 5.10 Å². The number of hydrogen-bond donors (Lipinski definition) is 1. The van der Waals surface area contributed by atoms with Gasteiger partial charge in [-0.2, -0.15) is 9.78 Å². The van der Waals surface area contributed by atoms with Gasteiger partial charge in [0.1, 0.15) is 5.58 Å². The summed E-state index contributed by atoms with van der Waals surface area (Å²) in [6.07, 6.45) is 1.61. The number of hydrogen-bond acceptors (Lipinski definition) is 5. The third kappa shape index (κ3) is 3.88. The number of para-hydroxylation sites is 2. The van der Waals surface area contributed by atoms with Crippen LogP contribution in [0, 0.1) is 13.8 Å². The van der Waals surface area contributed by atoms with Gasteiger partial charge in [-0.15, -0.1) is 0 Å². The van der Waals surface area contributed by atoms with Crippen LogP contribution in [0.2, 0.25) is 0 Å². The topological polar surface area (TPSA) is 103 Å². The van der Waals surface area contributed by atoms with E-state index >= 15 is 0 Å². The summed E-state index contributed by atoms with van der Waals surface area (Å²) < 4.78 is 9.25. The molecule has 0 atom stereocenters. The van der Waals surface area contributed by atoms with Crippen molar-refractivity contribution in [1.29, 1.82) is 0 Å². The summed E-state index contributed by atoms with van der Waals surface area (Å²) in [6.45, 7) is 3.85. The molecule has 186 valence electrons. The summed E-state index contributed by atoms with van der Waals surface area (Å²) in [5.74, 6) is -0.260. The molecule has 38 heavy (non-hydrogen) atoms.